The van der Waals surface area contributed by atoms with Gasteiger partial charge in [-0.05, 0) is 86.3 Å². The van der Waals surface area contributed by atoms with Gasteiger partial charge in [0.2, 0.25) is 0 Å². The lowest BCUT2D eigenvalue weighted by Crippen LogP contribution is -2.42. The highest BCUT2D eigenvalue weighted by Gasteiger charge is 2.53. The molecule has 0 radical (unpaired) electrons. The van der Waals surface area contributed by atoms with E-state index in [2.05, 4.69) is 13.8 Å². The molecule has 0 aromatic carbocycles. The summed E-state index contributed by atoms with van der Waals surface area (Å²) in [7, 11) is 0. The molecule has 0 saturated heterocycles. The van der Waals surface area contributed by atoms with Crippen LogP contribution in [0.2, 0.25) is 0 Å². The Morgan fingerprint density at radius 2 is 2.05 bits per heavy atom. The largest absolute Gasteiger partial charge is 0.378 e. The van der Waals surface area contributed by atoms with Crippen molar-refractivity contribution in [3.8, 4) is 0 Å². The van der Waals surface area contributed by atoms with Crippen molar-refractivity contribution in [2.75, 3.05) is 6.61 Å². The number of allylic oxidation sites excluding steroid dienone is 4. The van der Waals surface area contributed by atoms with Gasteiger partial charge in [0.05, 0.1) is 6.10 Å². The van der Waals surface area contributed by atoms with E-state index in [4.69, 9.17) is 4.74 Å². The van der Waals surface area contributed by atoms with Crippen LogP contribution >= 0.6 is 0 Å². The maximum absolute atomic E-state index is 11.7. The predicted molar refractivity (Wildman–Crippen MR) is 87.6 cm³/mol. The standard InChI is InChI=1S/C20H28O2/c1-3-22-19-9-8-18-17-6-4-13-12-14(21)5-7-15(13)16(17)10-11-20(18,19)2/h12,17-19H,3-11H2,1-2H3/t17-,18+,19+,20+/m1/s1. The van der Waals surface area contributed by atoms with Crippen molar-refractivity contribution < 1.29 is 9.53 Å². The lowest BCUT2D eigenvalue weighted by Gasteiger charge is -2.49. The zero-order chi connectivity index (χ0) is 15.3. The molecule has 0 unspecified atom stereocenters. The molecule has 0 aliphatic heterocycles. The van der Waals surface area contributed by atoms with E-state index in [1.165, 1.54) is 37.7 Å². The Labute approximate surface area is 134 Å². The third kappa shape index (κ3) is 2.06. The normalized spacial score (nSPS) is 40.9. The fourth-order valence-corrected chi connectivity index (χ4v) is 5.96. The molecule has 0 amide bonds. The minimum atomic E-state index is 0.343. The molecule has 0 aromatic heterocycles. The number of rotatable bonds is 2. The Kier molecular flexibility index (Phi) is 3.56. The van der Waals surface area contributed by atoms with Crippen LogP contribution in [0.5, 0.6) is 0 Å². The Morgan fingerprint density at radius 1 is 1.18 bits per heavy atom. The zero-order valence-electron chi connectivity index (χ0n) is 14.0. The summed E-state index contributed by atoms with van der Waals surface area (Å²) in [6.07, 6.45) is 11.6. The molecular formula is C20H28O2. The third-order valence-corrected chi connectivity index (χ3v) is 7.01. The average Bonchev–Trinajstić information content (AvgIpc) is 2.84. The number of ether oxygens (including phenoxy) is 1. The maximum Gasteiger partial charge on any atom is 0.156 e. The molecule has 2 heteroatoms. The first-order valence-electron chi connectivity index (χ1n) is 9.20. The molecule has 0 aromatic rings. The van der Waals surface area contributed by atoms with E-state index in [1.54, 1.807) is 11.1 Å². The summed E-state index contributed by atoms with van der Waals surface area (Å²) >= 11 is 0. The molecule has 0 heterocycles. The van der Waals surface area contributed by atoms with Gasteiger partial charge < -0.3 is 4.74 Å². The van der Waals surface area contributed by atoms with Crippen LogP contribution in [0.1, 0.15) is 65.2 Å². The van der Waals surface area contributed by atoms with Crippen LogP contribution in [-0.4, -0.2) is 18.5 Å². The molecule has 2 fully saturated rings. The molecule has 4 atom stereocenters. The van der Waals surface area contributed by atoms with Gasteiger partial charge in [-0.3, -0.25) is 4.79 Å². The first-order chi connectivity index (χ1) is 10.6. The van der Waals surface area contributed by atoms with Crippen LogP contribution in [0, 0.1) is 17.3 Å². The highest BCUT2D eigenvalue weighted by atomic mass is 16.5. The lowest BCUT2D eigenvalue weighted by atomic mass is 9.57. The summed E-state index contributed by atoms with van der Waals surface area (Å²) in [5.74, 6) is 1.92. The smallest absolute Gasteiger partial charge is 0.156 e. The molecule has 2 saturated carbocycles. The SMILES string of the molecule is CCO[C@H]1CC[C@H]2[C@@H]3CCC4=CC(=O)CCC4=C3CC[C@]12C. The summed E-state index contributed by atoms with van der Waals surface area (Å²) in [5.41, 5.74) is 5.07. The Morgan fingerprint density at radius 3 is 2.86 bits per heavy atom. The second-order valence-electron chi connectivity index (χ2n) is 7.92. The van der Waals surface area contributed by atoms with Crippen LogP contribution in [0.4, 0.5) is 0 Å². The summed E-state index contributed by atoms with van der Waals surface area (Å²) in [6, 6.07) is 0. The van der Waals surface area contributed by atoms with Gasteiger partial charge in [-0.1, -0.05) is 12.5 Å². The molecule has 4 rings (SSSR count). The van der Waals surface area contributed by atoms with Gasteiger partial charge in [-0.2, -0.15) is 0 Å². The van der Waals surface area contributed by atoms with Gasteiger partial charge in [-0.15, -0.1) is 0 Å². The van der Waals surface area contributed by atoms with Gasteiger partial charge >= 0.3 is 0 Å². The number of fused-ring (bicyclic) bond motifs is 4. The number of hydrogen-bond acceptors (Lipinski definition) is 2. The molecule has 0 N–H and O–H groups in total. The van der Waals surface area contributed by atoms with Gasteiger partial charge in [0.15, 0.2) is 5.78 Å². The van der Waals surface area contributed by atoms with Crippen molar-refractivity contribution in [2.24, 2.45) is 17.3 Å². The zero-order valence-corrected chi connectivity index (χ0v) is 14.0. The summed E-state index contributed by atoms with van der Waals surface area (Å²) in [6.45, 7) is 5.46. The topological polar surface area (TPSA) is 26.3 Å². The van der Waals surface area contributed by atoms with E-state index in [9.17, 15) is 4.79 Å². The average molecular weight is 300 g/mol. The summed E-state index contributed by atoms with van der Waals surface area (Å²) in [5, 5.41) is 0. The molecular weight excluding hydrogens is 272 g/mol. The van der Waals surface area contributed by atoms with Crippen LogP contribution < -0.4 is 0 Å². The first kappa shape index (κ1) is 14.7. The van der Waals surface area contributed by atoms with Crippen LogP contribution in [0.3, 0.4) is 0 Å². The van der Waals surface area contributed by atoms with Crippen molar-refractivity contribution in [3.05, 3.63) is 22.8 Å². The number of carbonyl (C=O) groups excluding carboxylic acids is 1. The van der Waals surface area contributed by atoms with Crippen LogP contribution in [-0.2, 0) is 9.53 Å². The second kappa shape index (κ2) is 5.33. The molecule has 4 aliphatic carbocycles. The van der Waals surface area contributed by atoms with Gasteiger partial charge in [0.25, 0.3) is 0 Å². The van der Waals surface area contributed by atoms with Crippen molar-refractivity contribution in [1.82, 2.24) is 0 Å². The van der Waals surface area contributed by atoms with Crippen molar-refractivity contribution in [2.45, 2.75) is 71.3 Å². The summed E-state index contributed by atoms with van der Waals surface area (Å²) in [4.78, 5) is 11.7. The maximum atomic E-state index is 11.7. The highest BCUT2D eigenvalue weighted by Crippen LogP contribution is 2.60. The summed E-state index contributed by atoms with van der Waals surface area (Å²) < 4.78 is 6.10. The predicted octanol–water partition coefficient (Wildman–Crippen LogP) is 4.60. The van der Waals surface area contributed by atoms with E-state index in [1.807, 2.05) is 6.08 Å². The van der Waals surface area contributed by atoms with Gasteiger partial charge in [0, 0.05) is 13.0 Å². The van der Waals surface area contributed by atoms with Gasteiger partial charge in [0.1, 0.15) is 0 Å². The minimum Gasteiger partial charge on any atom is -0.378 e. The van der Waals surface area contributed by atoms with Crippen molar-refractivity contribution in [3.63, 3.8) is 0 Å². The molecule has 22 heavy (non-hydrogen) atoms. The van der Waals surface area contributed by atoms with Crippen molar-refractivity contribution in [1.29, 1.82) is 0 Å². The fraction of sp³-hybridized carbons (Fsp3) is 0.750. The second-order valence-corrected chi connectivity index (χ2v) is 7.92. The Bertz CT molecular complexity index is 556. The first-order valence-corrected chi connectivity index (χ1v) is 9.20. The van der Waals surface area contributed by atoms with E-state index < -0.39 is 0 Å². The number of hydrogen-bond donors (Lipinski definition) is 0. The minimum absolute atomic E-state index is 0.343. The molecule has 0 bridgehead atoms. The van der Waals surface area contributed by atoms with Gasteiger partial charge in [-0.25, -0.2) is 0 Å². The van der Waals surface area contributed by atoms with E-state index in [0.717, 1.165) is 37.7 Å². The Hall–Kier alpha value is -0.890. The van der Waals surface area contributed by atoms with E-state index >= 15 is 0 Å². The Balaban J connectivity index is 1.67. The van der Waals surface area contributed by atoms with Crippen LogP contribution in [0.25, 0.3) is 0 Å². The van der Waals surface area contributed by atoms with E-state index in [-0.39, 0.29) is 0 Å². The van der Waals surface area contributed by atoms with E-state index in [0.29, 0.717) is 17.3 Å². The molecule has 0 spiro atoms. The quantitative estimate of drug-likeness (QED) is 0.745. The molecule has 4 aliphatic rings. The fourth-order valence-electron chi connectivity index (χ4n) is 5.96. The van der Waals surface area contributed by atoms with Crippen molar-refractivity contribution >= 4 is 5.78 Å². The highest BCUT2D eigenvalue weighted by molar-refractivity contribution is 5.93. The third-order valence-electron chi connectivity index (χ3n) is 7.01. The monoisotopic (exact) mass is 300 g/mol. The number of ketones is 1. The van der Waals surface area contributed by atoms with Crippen LogP contribution in [0.15, 0.2) is 22.8 Å². The lowest BCUT2D eigenvalue weighted by molar-refractivity contribution is -0.114. The molecule has 120 valence electrons. The molecule has 2 nitrogen and oxygen atoms in total. The number of carbonyl (C=O) groups is 1.